The summed E-state index contributed by atoms with van der Waals surface area (Å²) in [6.07, 6.45) is -0.985. The number of primary amides is 1. The first kappa shape index (κ1) is 24.1. The lowest BCUT2D eigenvalue weighted by molar-refractivity contribution is 0.101. The van der Waals surface area contributed by atoms with Crippen molar-refractivity contribution >= 4 is 26.0 Å². The van der Waals surface area contributed by atoms with Crippen molar-refractivity contribution in [3.05, 3.63) is 62.8 Å². The van der Waals surface area contributed by atoms with E-state index >= 15 is 0 Å². The van der Waals surface area contributed by atoms with Crippen molar-refractivity contribution in [2.24, 2.45) is 5.73 Å². The average Bonchev–Trinajstić information content (AvgIpc) is 2.61. The summed E-state index contributed by atoms with van der Waals surface area (Å²) in [6.45, 7) is 11.3. The van der Waals surface area contributed by atoms with Gasteiger partial charge in [-0.2, -0.15) is 0 Å². The highest BCUT2D eigenvalue weighted by atomic mass is 35.5. The van der Waals surface area contributed by atoms with Crippen molar-refractivity contribution in [3.8, 4) is 0 Å². The molecule has 0 fully saturated rings. The lowest BCUT2D eigenvalue weighted by Gasteiger charge is -2.36. The van der Waals surface area contributed by atoms with Gasteiger partial charge >= 0.3 is 6.09 Å². The lowest BCUT2D eigenvalue weighted by atomic mass is 10.1. The zero-order valence-electron chi connectivity index (χ0n) is 18.1. The molecule has 9 heteroatoms. The van der Waals surface area contributed by atoms with Crippen LogP contribution in [-0.2, 0) is 22.0 Å². The molecule has 1 heterocycles. The molecule has 0 spiro atoms. The standard InChI is InChI=1S/C21H30ClN3O4Si/c1-21(2,3)30(4,5)28-11-10-16-13-18(26)25-19(24-16)17(29-20(23)27)12-14-6-8-15(22)9-7-14/h6-9,13,17H,10-12H2,1-5H3,(H2,23,27)(H,24,25,26). The van der Waals surface area contributed by atoms with Gasteiger partial charge in [-0.3, -0.25) is 4.79 Å². The first-order chi connectivity index (χ1) is 13.9. The number of nitrogens with zero attached hydrogens (tertiary/aromatic N) is 1. The van der Waals surface area contributed by atoms with Gasteiger partial charge in [-0.15, -0.1) is 0 Å². The van der Waals surface area contributed by atoms with Gasteiger partial charge in [0.25, 0.3) is 5.56 Å². The number of H-pyrrole nitrogens is 1. The summed E-state index contributed by atoms with van der Waals surface area (Å²) in [6, 6.07) is 8.54. The fourth-order valence-electron chi connectivity index (χ4n) is 2.61. The van der Waals surface area contributed by atoms with Crippen molar-refractivity contribution in [1.82, 2.24) is 9.97 Å². The third-order valence-corrected chi connectivity index (χ3v) is 10.1. The first-order valence-electron chi connectivity index (χ1n) is 9.82. The zero-order valence-corrected chi connectivity index (χ0v) is 19.9. The van der Waals surface area contributed by atoms with Gasteiger partial charge in [0.1, 0.15) is 0 Å². The second-order valence-corrected chi connectivity index (χ2v) is 14.0. The second-order valence-electron chi connectivity index (χ2n) is 8.74. The molecule has 1 unspecified atom stereocenters. The van der Waals surface area contributed by atoms with E-state index in [0.717, 1.165) is 5.56 Å². The van der Waals surface area contributed by atoms with E-state index in [-0.39, 0.29) is 16.4 Å². The summed E-state index contributed by atoms with van der Waals surface area (Å²) in [4.78, 5) is 30.8. The van der Waals surface area contributed by atoms with E-state index in [0.29, 0.717) is 30.2 Å². The SMILES string of the molecule is CC(C)(C)[Si](C)(C)OCCc1cc(=O)[nH]c(C(Cc2ccc(Cl)cc2)OC(N)=O)n1. The lowest BCUT2D eigenvalue weighted by Crippen LogP contribution is -2.41. The van der Waals surface area contributed by atoms with Crippen molar-refractivity contribution in [2.45, 2.75) is 57.8 Å². The van der Waals surface area contributed by atoms with Gasteiger partial charge in [0.15, 0.2) is 20.2 Å². The predicted molar refractivity (Wildman–Crippen MR) is 120 cm³/mol. The third-order valence-electron chi connectivity index (χ3n) is 5.34. The third kappa shape index (κ3) is 6.96. The van der Waals surface area contributed by atoms with E-state index in [2.05, 4.69) is 43.8 Å². The molecule has 1 aromatic heterocycles. The van der Waals surface area contributed by atoms with Crippen LogP contribution in [0, 0.1) is 0 Å². The van der Waals surface area contributed by atoms with Crippen LogP contribution in [0.25, 0.3) is 0 Å². The number of nitrogens with two attached hydrogens (primary N) is 1. The minimum absolute atomic E-state index is 0.0960. The van der Waals surface area contributed by atoms with Crippen molar-refractivity contribution < 1.29 is 14.0 Å². The highest BCUT2D eigenvalue weighted by molar-refractivity contribution is 6.74. The minimum Gasteiger partial charge on any atom is -0.438 e. The van der Waals surface area contributed by atoms with E-state index in [9.17, 15) is 9.59 Å². The summed E-state index contributed by atoms with van der Waals surface area (Å²) < 4.78 is 11.4. The molecule has 0 aliphatic rings. The summed E-state index contributed by atoms with van der Waals surface area (Å²) in [7, 11) is -1.90. The van der Waals surface area contributed by atoms with Crippen molar-refractivity contribution in [2.75, 3.05) is 6.61 Å². The monoisotopic (exact) mass is 451 g/mol. The normalized spacial score (nSPS) is 13.1. The van der Waals surface area contributed by atoms with E-state index in [1.165, 1.54) is 6.07 Å². The number of aromatic amines is 1. The van der Waals surface area contributed by atoms with Crippen LogP contribution in [-0.4, -0.2) is 31.0 Å². The topological polar surface area (TPSA) is 107 Å². The number of hydrogen-bond donors (Lipinski definition) is 2. The van der Waals surface area contributed by atoms with Gasteiger partial charge in [-0.05, 0) is 35.8 Å². The molecule has 0 radical (unpaired) electrons. The van der Waals surface area contributed by atoms with Gasteiger partial charge in [0.05, 0.1) is 5.69 Å². The minimum atomic E-state index is -1.90. The number of benzene rings is 1. The van der Waals surface area contributed by atoms with Crippen LogP contribution in [0.1, 0.15) is 44.0 Å². The van der Waals surface area contributed by atoms with E-state index in [4.69, 9.17) is 26.5 Å². The Bertz CT molecular complexity index is 923. The molecule has 1 amide bonds. The fraction of sp³-hybridized carbons (Fsp3) is 0.476. The maximum Gasteiger partial charge on any atom is 0.405 e. The highest BCUT2D eigenvalue weighted by Crippen LogP contribution is 2.36. The molecule has 164 valence electrons. The molecule has 7 nitrogen and oxygen atoms in total. The molecule has 1 aromatic carbocycles. The summed E-state index contributed by atoms with van der Waals surface area (Å²) >= 11 is 5.93. The van der Waals surface area contributed by atoms with E-state index in [1.54, 1.807) is 12.1 Å². The molecule has 0 aliphatic carbocycles. The number of carbonyl (C=O) groups excluding carboxylic acids is 1. The average molecular weight is 452 g/mol. The Morgan fingerprint density at radius 1 is 1.27 bits per heavy atom. The maximum absolute atomic E-state index is 12.2. The molecule has 0 saturated carbocycles. The molecule has 3 N–H and O–H groups in total. The Morgan fingerprint density at radius 3 is 2.47 bits per heavy atom. The van der Waals surface area contributed by atoms with Crippen LogP contribution < -0.4 is 11.3 Å². The number of rotatable bonds is 8. The second kappa shape index (κ2) is 9.76. The molecule has 30 heavy (non-hydrogen) atoms. The quantitative estimate of drug-likeness (QED) is 0.579. The van der Waals surface area contributed by atoms with Crippen molar-refractivity contribution in [3.63, 3.8) is 0 Å². The Hall–Kier alpha value is -2.16. The van der Waals surface area contributed by atoms with Crippen LogP contribution in [0.15, 0.2) is 35.1 Å². The Balaban J connectivity index is 2.19. The largest absolute Gasteiger partial charge is 0.438 e. The fourth-order valence-corrected chi connectivity index (χ4v) is 3.78. The zero-order chi connectivity index (χ0) is 22.5. The van der Waals surface area contributed by atoms with Gasteiger partial charge < -0.3 is 19.9 Å². The molecule has 1 atom stereocenters. The number of hydrogen-bond acceptors (Lipinski definition) is 5. The summed E-state index contributed by atoms with van der Waals surface area (Å²) in [5, 5.41) is 0.694. The maximum atomic E-state index is 12.2. The molecule has 0 bridgehead atoms. The smallest absolute Gasteiger partial charge is 0.405 e. The number of amides is 1. The molecular formula is C21H30ClN3O4Si. The highest BCUT2D eigenvalue weighted by Gasteiger charge is 2.36. The molecule has 0 aliphatic heterocycles. The van der Waals surface area contributed by atoms with Crippen LogP contribution in [0.2, 0.25) is 23.2 Å². The summed E-state index contributed by atoms with van der Waals surface area (Å²) in [5.41, 5.74) is 6.35. The predicted octanol–water partition coefficient (Wildman–Crippen LogP) is 4.37. The number of halogens is 1. The molecule has 2 aromatic rings. The van der Waals surface area contributed by atoms with Crippen LogP contribution in [0.4, 0.5) is 4.79 Å². The van der Waals surface area contributed by atoms with Crippen LogP contribution in [0.3, 0.4) is 0 Å². The van der Waals surface area contributed by atoms with Gasteiger partial charge in [-0.25, -0.2) is 9.78 Å². The van der Waals surface area contributed by atoms with E-state index in [1.807, 2.05) is 12.1 Å². The van der Waals surface area contributed by atoms with Gasteiger partial charge in [-0.1, -0.05) is 44.5 Å². The van der Waals surface area contributed by atoms with Crippen molar-refractivity contribution in [1.29, 1.82) is 0 Å². The van der Waals surface area contributed by atoms with Crippen LogP contribution in [0.5, 0.6) is 0 Å². The van der Waals surface area contributed by atoms with Gasteiger partial charge in [0.2, 0.25) is 0 Å². The Labute approximate surface area is 183 Å². The number of carbonyl (C=O) groups is 1. The van der Waals surface area contributed by atoms with Gasteiger partial charge in [0, 0.05) is 30.5 Å². The number of nitrogens with one attached hydrogen (secondary N) is 1. The number of aromatic nitrogens is 2. The molecule has 2 rings (SSSR count). The van der Waals surface area contributed by atoms with E-state index < -0.39 is 20.5 Å². The summed E-state index contributed by atoms with van der Waals surface area (Å²) in [5.74, 6) is 0.249. The Morgan fingerprint density at radius 2 is 1.90 bits per heavy atom. The van der Waals surface area contributed by atoms with Crippen LogP contribution >= 0.6 is 11.6 Å². The number of ether oxygens (including phenoxy) is 1. The first-order valence-corrected chi connectivity index (χ1v) is 13.1. The molecule has 0 saturated heterocycles. The Kier molecular flexibility index (Phi) is 7.85. The molecular weight excluding hydrogens is 422 g/mol.